The van der Waals surface area contributed by atoms with Crippen molar-refractivity contribution in [2.75, 3.05) is 9.80 Å². The van der Waals surface area contributed by atoms with Crippen LogP contribution in [0.2, 0.25) is 0 Å². The summed E-state index contributed by atoms with van der Waals surface area (Å²) in [4.78, 5) is 4.81. The molecule has 0 unspecified atom stereocenters. The van der Waals surface area contributed by atoms with Crippen LogP contribution in [0.25, 0.3) is 66.1 Å². The first-order chi connectivity index (χ1) is 31.7. The Labute approximate surface area is 375 Å². The highest BCUT2D eigenvalue weighted by Gasteiger charge is 2.21. The highest BCUT2D eigenvalue weighted by Crippen LogP contribution is 2.45. The highest BCUT2D eigenvalue weighted by molar-refractivity contribution is 5.99. The highest BCUT2D eigenvalue weighted by atomic mass is 15.2. The molecule has 64 heavy (non-hydrogen) atoms. The molecule has 2 nitrogen and oxygen atoms in total. The minimum atomic E-state index is 1.05. The van der Waals surface area contributed by atoms with E-state index in [0.29, 0.717) is 0 Å². The molecule has 11 rings (SSSR count). The van der Waals surface area contributed by atoms with Gasteiger partial charge in [-0.15, -0.1) is 0 Å². The Morgan fingerprint density at radius 1 is 0.188 bits per heavy atom. The number of fused-ring (bicyclic) bond motifs is 2. The van der Waals surface area contributed by atoms with Crippen molar-refractivity contribution in [3.8, 4) is 44.5 Å². The summed E-state index contributed by atoms with van der Waals surface area (Å²) in [7, 11) is 0. The van der Waals surface area contributed by atoms with Crippen LogP contribution < -0.4 is 9.80 Å². The molecule has 0 aromatic heterocycles. The largest absolute Gasteiger partial charge is 0.310 e. The first-order valence-electron chi connectivity index (χ1n) is 21.9. The summed E-state index contributed by atoms with van der Waals surface area (Å²) in [5.41, 5.74) is 15.8. The van der Waals surface area contributed by atoms with Gasteiger partial charge in [-0.2, -0.15) is 0 Å². The van der Waals surface area contributed by atoms with Gasteiger partial charge in [0, 0.05) is 34.1 Å². The molecule has 0 aliphatic heterocycles. The van der Waals surface area contributed by atoms with Gasteiger partial charge in [-0.05, 0) is 133 Å². The van der Waals surface area contributed by atoms with Gasteiger partial charge in [0.05, 0.1) is 0 Å². The summed E-state index contributed by atoms with van der Waals surface area (Å²) in [6, 6.07) is 96.6. The standard InChI is InChI=1S/C62H44N2/c1-4-15-45(16-5-1)49-27-34-55(35-28-49)63(56-36-29-50(30-37-56)46-17-6-2-7-18-46)59-42-54(62-26-14-24-52-22-12-13-25-61(52)62)43-60(44-59)64(58-40-33-48-21-10-11-23-53(48)41-58)57-38-31-51(32-39-57)47-19-8-3-9-20-47/h1-44H. The third-order valence-corrected chi connectivity index (χ3v) is 12.2. The van der Waals surface area contributed by atoms with E-state index < -0.39 is 0 Å². The van der Waals surface area contributed by atoms with Crippen molar-refractivity contribution in [3.63, 3.8) is 0 Å². The number of benzene rings is 11. The van der Waals surface area contributed by atoms with Crippen molar-refractivity contribution in [3.05, 3.63) is 267 Å². The maximum absolute atomic E-state index is 2.41. The smallest absolute Gasteiger partial charge is 0.0488 e. The number of rotatable bonds is 10. The summed E-state index contributed by atoms with van der Waals surface area (Å²) < 4.78 is 0. The van der Waals surface area contributed by atoms with Gasteiger partial charge in [-0.3, -0.25) is 0 Å². The van der Waals surface area contributed by atoms with Crippen LogP contribution in [-0.4, -0.2) is 0 Å². The predicted octanol–water partition coefficient (Wildman–Crippen LogP) is 17.6. The second-order valence-electron chi connectivity index (χ2n) is 16.2. The zero-order valence-electron chi connectivity index (χ0n) is 35.3. The van der Waals surface area contributed by atoms with Crippen molar-refractivity contribution in [2.24, 2.45) is 0 Å². The topological polar surface area (TPSA) is 6.48 Å². The van der Waals surface area contributed by atoms with E-state index in [2.05, 4.69) is 277 Å². The SMILES string of the molecule is c1ccc(-c2ccc(N(c3ccc(-c4ccccc4)cc3)c3cc(-c4cccc5ccccc45)cc(N(c4ccc(-c5ccccc5)cc4)c4ccc5ccccc5c4)c3)cc2)cc1. The summed E-state index contributed by atoms with van der Waals surface area (Å²) in [6.45, 7) is 0. The van der Waals surface area contributed by atoms with Crippen LogP contribution >= 0.6 is 0 Å². The lowest BCUT2D eigenvalue weighted by atomic mass is 9.96. The Hall–Kier alpha value is -8.46. The third kappa shape index (κ3) is 7.70. The van der Waals surface area contributed by atoms with Crippen LogP contribution in [-0.2, 0) is 0 Å². The lowest BCUT2D eigenvalue weighted by Crippen LogP contribution is -2.14. The fraction of sp³-hybridized carbons (Fsp3) is 0. The van der Waals surface area contributed by atoms with E-state index >= 15 is 0 Å². The summed E-state index contributed by atoms with van der Waals surface area (Å²) in [6.07, 6.45) is 0. The predicted molar refractivity (Wildman–Crippen MR) is 273 cm³/mol. The Kier molecular flexibility index (Phi) is 10.3. The molecule has 0 amide bonds. The lowest BCUT2D eigenvalue weighted by Gasteiger charge is -2.31. The molecule has 11 aromatic rings. The molecule has 0 N–H and O–H groups in total. The summed E-state index contributed by atoms with van der Waals surface area (Å²) in [5.74, 6) is 0. The normalized spacial score (nSPS) is 11.1. The minimum absolute atomic E-state index is 1.05. The van der Waals surface area contributed by atoms with Gasteiger partial charge >= 0.3 is 0 Å². The molecule has 0 aliphatic rings. The molecule has 0 radical (unpaired) electrons. The molecular formula is C62H44N2. The summed E-state index contributed by atoms with van der Waals surface area (Å²) in [5, 5.41) is 4.82. The van der Waals surface area contributed by atoms with Crippen molar-refractivity contribution in [1.82, 2.24) is 0 Å². The first-order valence-corrected chi connectivity index (χ1v) is 21.9. The molecule has 0 spiro atoms. The Bertz CT molecular complexity index is 3250. The van der Waals surface area contributed by atoms with Crippen molar-refractivity contribution in [2.45, 2.75) is 0 Å². The van der Waals surface area contributed by atoms with Gasteiger partial charge in [0.2, 0.25) is 0 Å². The lowest BCUT2D eigenvalue weighted by molar-refractivity contribution is 1.25. The Balaban J connectivity index is 1.14. The van der Waals surface area contributed by atoms with Crippen molar-refractivity contribution >= 4 is 55.7 Å². The van der Waals surface area contributed by atoms with Gasteiger partial charge in [0.1, 0.15) is 0 Å². The molecule has 2 heteroatoms. The number of hydrogen-bond donors (Lipinski definition) is 0. The van der Waals surface area contributed by atoms with Crippen LogP contribution in [0, 0.1) is 0 Å². The maximum Gasteiger partial charge on any atom is 0.0488 e. The number of nitrogens with zero attached hydrogens (tertiary/aromatic N) is 2. The van der Waals surface area contributed by atoms with E-state index in [-0.39, 0.29) is 0 Å². The van der Waals surface area contributed by atoms with E-state index in [1.807, 2.05) is 0 Å². The van der Waals surface area contributed by atoms with Crippen LogP contribution in [0.4, 0.5) is 34.1 Å². The van der Waals surface area contributed by atoms with Gasteiger partial charge < -0.3 is 9.80 Å². The summed E-state index contributed by atoms with van der Waals surface area (Å²) >= 11 is 0. The third-order valence-electron chi connectivity index (χ3n) is 12.2. The first kappa shape index (κ1) is 38.5. The van der Waals surface area contributed by atoms with Crippen LogP contribution in [0.3, 0.4) is 0 Å². The van der Waals surface area contributed by atoms with E-state index in [4.69, 9.17) is 0 Å². The molecule has 0 aliphatic carbocycles. The van der Waals surface area contributed by atoms with Gasteiger partial charge in [-0.25, -0.2) is 0 Å². The molecule has 302 valence electrons. The molecule has 0 bridgehead atoms. The van der Waals surface area contributed by atoms with Crippen molar-refractivity contribution in [1.29, 1.82) is 0 Å². The van der Waals surface area contributed by atoms with Crippen LogP contribution in [0.5, 0.6) is 0 Å². The second-order valence-corrected chi connectivity index (χ2v) is 16.2. The van der Waals surface area contributed by atoms with Crippen molar-refractivity contribution < 1.29 is 0 Å². The maximum atomic E-state index is 2.41. The zero-order chi connectivity index (χ0) is 42.7. The van der Waals surface area contributed by atoms with E-state index in [9.17, 15) is 0 Å². The molecule has 0 atom stereocenters. The van der Waals surface area contributed by atoms with E-state index in [1.54, 1.807) is 0 Å². The monoisotopic (exact) mass is 816 g/mol. The van der Waals surface area contributed by atoms with E-state index in [1.165, 1.54) is 60.5 Å². The molecule has 0 fully saturated rings. The number of anilines is 6. The Morgan fingerprint density at radius 3 is 1.06 bits per heavy atom. The Morgan fingerprint density at radius 2 is 0.562 bits per heavy atom. The molecule has 0 saturated carbocycles. The average Bonchev–Trinajstić information content (AvgIpc) is 3.38. The average molecular weight is 817 g/mol. The zero-order valence-corrected chi connectivity index (χ0v) is 35.3. The fourth-order valence-electron chi connectivity index (χ4n) is 9.00. The van der Waals surface area contributed by atoms with Gasteiger partial charge in [0.15, 0.2) is 0 Å². The van der Waals surface area contributed by atoms with E-state index in [0.717, 1.165) is 39.7 Å². The fourth-order valence-corrected chi connectivity index (χ4v) is 9.00. The van der Waals surface area contributed by atoms with Crippen LogP contribution in [0.1, 0.15) is 0 Å². The second kappa shape index (κ2) is 17.1. The number of hydrogen-bond acceptors (Lipinski definition) is 2. The molecule has 11 aromatic carbocycles. The molecule has 0 saturated heterocycles. The minimum Gasteiger partial charge on any atom is -0.310 e. The van der Waals surface area contributed by atoms with Gasteiger partial charge in [0.25, 0.3) is 0 Å². The van der Waals surface area contributed by atoms with Gasteiger partial charge in [-0.1, -0.05) is 200 Å². The molecular weight excluding hydrogens is 773 g/mol. The van der Waals surface area contributed by atoms with Crippen LogP contribution in [0.15, 0.2) is 267 Å². The molecule has 0 heterocycles. The quantitative estimate of drug-likeness (QED) is 0.136.